The number of hydrogen-bond donors (Lipinski definition) is 0. The van der Waals surface area contributed by atoms with Crippen molar-refractivity contribution < 1.29 is 18.6 Å². The van der Waals surface area contributed by atoms with Crippen molar-refractivity contribution >= 4 is 16.6 Å². The second kappa shape index (κ2) is 6.14. The van der Waals surface area contributed by atoms with E-state index in [9.17, 15) is 4.39 Å². The van der Waals surface area contributed by atoms with E-state index in [0.29, 0.717) is 45.2 Å². The van der Waals surface area contributed by atoms with Crippen LogP contribution in [0.4, 0.5) is 4.39 Å². The Balaban J connectivity index is 1.98. The molecule has 0 aliphatic heterocycles. The molecule has 0 fully saturated rings. The first-order chi connectivity index (χ1) is 12.7. The fraction of sp³-hybridized carbons (Fsp3) is 0.167. The first-order valence-corrected chi connectivity index (χ1v) is 7.75. The van der Waals surface area contributed by atoms with Crippen LogP contribution in [0.2, 0.25) is 0 Å². The van der Waals surface area contributed by atoms with E-state index >= 15 is 0 Å². The molecule has 8 heteroatoms. The van der Waals surface area contributed by atoms with Crippen molar-refractivity contribution in [1.82, 2.24) is 19.6 Å². The lowest BCUT2D eigenvalue weighted by Gasteiger charge is -2.13. The van der Waals surface area contributed by atoms with E-state index in [4.69, 9.17) is 14.2 Å². The fourth-order valence-corrected chi connectivity index (χ4v) is 2.91. The van der Waals surface area contributed by atoms with Gasteiger partial charge in [-0.3, -0.25) is 4.40 Å². The van der Waals surface area contributed by atoms with Gasteiger partial charge in [-0.1, -0.05) is 0 Å². The summed E-state index contributed by atoms with van der Waals surface area (Å²) in [6.45, 7) is 0. The Morgan fingerprint density at radius 1 is 0.923 bits per heavy atom. The van der Waals surface area contributed by atoms with Crippen LogP contribution in [0, 0.1) is 5.82 Å². The van der Waals surface area contributed by atoms with Gasteiger partial charge >= 0.3 is 0 Å². The van der Waals surface area contributed by atoms with Crippen LogP contribution in [0.3, 0.4) is 0 Å². The second-order valence-corrected chi connectivity index (χ2v) is 5.54. The van der Waals surface area contributed by atoms with E-state index in [-0.39, 0.29) is 5.82 Å². The molecule has 4 rings (SSSR count). The van der Waals surface area contributed by atoms with Crippen molar-refractivity contribution in [2.24, 2.45) is 0 Å². The van der Waals surface area contributed by atoms with Crippen LogP contribution in [-0.2, 0) is 0 Å². The van der Waals surface area contributed by atoms with Gasteiger partial charge in [0.05, 0.1) is 26.8 Å². The van der Waals surface area contributed by atoms with Crippen molar-refractivity contribution in [3.63, 3.8) is 0 Å². The van der Waals surface area contributed by atoms with Crippen LogP contribution in [0.5, 0.6) is 17.2 Å². The highest BCUT2D eigenvalue weighted by atomic mass is 19.1. The van der Waals surface area contributed by atoms with E-state index < -0.39 is 0 Å². The average Bonchev–Trinajstić information content (AvgIpc) is 3.11. The number of nitrogens with zero attached hydrogens (tertiary/aromatic N) is 4. The number of hydrogen-bond acceptors (Lipinski definition) is 6. The van der Waals surface area contributed by atoms with Crippen LogP contribution in [-0.4, -0.2) is 40.9 Å². The molecule has 0 unspecified atom stereocenters. The molecule has 7 nitrogen and oxygen atoms in total. The normalized spacial score (nSPS) is 11.1. The number of aromatic nitrogens is 4. The topological polar surface area (TPSA) is 70.8 Å². The zero-order valence-electron chi connectivity index (χ0n) is 14.4. The minimum absolute atomic E-state index is 0.357. The number of methoxy groups -OCH3 is 3. The summed E-state index contributed by atoms with van der Waals surface area (Å²) in [6.07, 6.45) is 1.61. The highest BCUT2D eigenvalue weighted by molar-refractivity contribution is 5.91. The molecule has 0 saturated heterocycles. The van der Waals surface area contributed by atoms with Crippen molar-refractivity contribution in [3.8, 4) is 28.6 Å². The summed E-state index contributed by atoms with van der Waals surface area (Å²) in [7, 11) is 4.62. The van der Waals surface area contributed by atoms with E-state index in [1.165, 1.54) is 19.2 Å². The number of halogens is 1. The number of rotatable bonds is 4. The molecule has 0 aliphatic carbocycles. The molecule has 0 spiro atoms. The SMILES string of the molecule is COc1cc(-c2nnc3c4cc(F)ccc4ncn23)cc(OC)c1OC. The minimum atomic E-state index is -0.357. The number of ether oxygens (including phenoxy) is 3. The first kappa shape index (κ1) is 16.1. The lowest BCUT2D eigenvalue weighted by atomic mass is 10.1. The molecule has 0 bridgehead atoms. The third-order valence-electron chi connectivity index (χ3n) is 4.13. The molecule has 132 valence electrons. The van der Waals surface area contributed by atoms with E-state index in [2.05, 4.69) is 15.2 Å². The van der Waals surface area contributed by atoms with Gasteiger partial charge in [0, 0.05) is 10.9 Å². The molecule has 2 aromatic heterocycles. The summed E-state index contributed by atoms with van der Waals surface area (Å²) in [5.74, 6) is 1.65. The summed E-state index contributed by atoms with van der Waals surface area (Å²) < 4.78 is 31.5. The predicted octanol–water partition coefficient (Wildman–Crippen LogP) is 3.11. The third kappa shape index (κ3) is 2.38. The molecule has 0 amide bonds. The van der Waals surface area contributed by atoms with Crippen molar-refractivity contribution in [3.05, 3.63) is 42.5 Å². The van der Waals surface area contributed by atoms with E-state index in [1.807, 2.05) is 0 Å². The summed E-state index contributed by atoms with van der Waals surface area (Å²) in [5, 5.41) is 9.04. The molecular formula is C18H15FN4O3. The van der Waals surface area contributed by atoms with Crippen LogP contribution in [0.15, 0.2) is 36.7 Å². The van der Waals surface area contributed by atoms with Crippen LogP contribution < -0.4 is 14.2 Å². The van der Waals surface area contributed by atoms with Crippen LogP contribution >= 0.6 is 0 Å². The molecule has 0 aliphatic rings. The summed E-state index contributed by atoms with van der Waals surface area (Å²) in [4.78, 5) is 4.36. The zero-order valence-corrected chi connectivity index (χ0v) is 14.4. The van der Waals surface area contributed by atoms with Gasteiger partial charge < -0.3 is 14.2 Å². The molecule has 2 heterocycles. The van der Waals surface area contributed by atoms with E-state index in [0.717, 1.165) is 0 Å². The van der Waals surface area contributed by atoms with Gasteiger partial charge in [0.1, 0.15) is 12.1 Å². The zero-order chi connectivity index (χ0) is 18.3. The monoisotopic (exact) mass is 354 g/mol. The lowest BCUT2D eigenvalue weighted by molar-refractivity contribution is 0.324. The molecule has 0 radical (unpaired) electrons. The molecule has 2 aromatic carbocycles. The molecule has 0 atom stereocenters. The average molecular weight is 354 g/mol. The summed E-state index contributed by atoms with van der Waals surface area (Å²) in [6, 6.07) is 7.91. The standard InChI is InChI=1S/C18H15FN4O3/c1-24-14-6-10(7-15(25-2)16(14)26-3)17-21-22-18-12-8-11(19)4-5-13(12)20-9-23(17)18/h4-9H,1-3H3. The smallest absolute Gasteiger partial charge is 0.203 e. The van der Waals surface area contributed by atoms with Gasteiger partial charge in [-0.25, -0.2) is 9.37 Å². The highest BCUT2D eigenvalue weighted by Gasteiger charge is 2.18. The Morgan fingerprint density at radius 2 is 1.65 bits per heavy atom. The van der Waals surface area contributed by atoms with Crippen molar-refractivity contribution in [2.75, 3.05) is 21.3 Å². The Morgan fingerprint density at radius 3 is 2.31 bits per heavy atom. The van der Waals surface area contributed by atoms with Gasteiger partial charge in [-0.2, -0.15) is 0 Å². The molecule has 26 heavy (non-hydrogen) atoms. The maximum atomic E-state index is 13.6. The van der Waals surface area contributed by atoms with Gasteiger partial charge in [-0.15, -0.1) is 10.2 Å². The molecule has 0 N–H and O–H groups in total. The summed E-state index contributed by atoms with van der Waals surface area (Å²) >= 11 is 0. The Bertz CT molecular complexity index is 1100. The second-order valence-electron chi connectivity index (χ2n) is 5.54. The van der Waals surface area contributed by atoms with Crippen LogP contribution in [0.1, 0.15) is 0 Å². The van der Waals surface area contributed by atoms with Gasteiger partial charge in [0.25, 0.3) is 0 Å². The number of benzene rings is 2. The third-order valence-corrected chi connectivity index (χ3v) is 4.13. The maximum Gasteiger partial charge on any atom is 0.203 e. The Labute approximate surface area is 148 Å². The largest absolute Gasteiger partial charge is 0.493 e. The van der Waals surface area contributed by atoms with Crippen molar-refractivity contribution in [1.29, 1.82) is 0 Å². The summed E-state index contributed by atoms with van der Waals surface area (Å²) in [5.41, 5.74) is 1.85. The molecule has 4 aromatic rings. The van der Waals surface area contributed by atoms with Gasteiger partial charge in [0.15, 0.2) is 23.0 Å². The maximum absolute atomic E-state index is 13.6. The van der Waals surface area contributed by atoms with Gasteiger partial charge in [-0.05, 0) is 30.3 Å². The van der Waals surface area contributed by atoms with Gasteiger partial charge in [0.2, 0.25) is 5.75 Å². The first-order valence-electron chi connectivity index (χ1n) is 7.75. The lowest BCUT2D eigenvalue weighted by Crippen LogP contribution is -1.98. The molecule has 0 saturated carbocycles. The Kier molecular flexibility index (Phi) is 3.80. The predicted molar refractivity (Wildman–Crippen MR) is 93.3 cm³/mol. The number of fused-ring (bicyclic) bond motifs is 3. The Hall–Kier alpha value is -3.42. The van der Waals surface area contributed by atoms with Crippen LogP contribution in [0.25, 0.3) is 27.9 Å². The molecular weight excluding hydrogens is 339 g/mol. The quantitative estimate of drug-likeness (QED) is 0.561. The fourth-order valence-electron chi connectivity index (χ4n) is 2.91. The highest BCUT2D eigenvalue weighted by Crippen LogP contribution is 2.41. The van der Waals surface area contributed by atoms with Crippen molar-refractivity contribution in [2.45, 2.75) is 0 Å². The minimum Gasteiger partial charge on any atom is -0.493 e. The van der Waals surface area contributed by atoms with E-state index in [1.54, 1.807) is 43.1 Å².